The number of nitrogens with zero attached hydrogens (tertiary/aromatic N) is 1. The molecule has 0 saturated heterocycles. The summed E-state index contributed by atoms with van der Waals surface area (Å²) >= 11 is 0. The van der Waals surface area contributed by atoms with Crippen molar-refractivity contribution in [3.8, 4) is 28.4 Å². The highest BCUT2D eigenvalue weighted by Gasteiger charge is 2.23. The van der Waals surface area contributed by atoms with E-state index in [1.807, 2.05) is 19.1 Å². The molecule has 8 nitrogen and oxygen atoms in total. The third kappa shape index (κ3) is 5.64. The summed E-state index contributed by atoms with van der Waals surface area (Å²) in [4.78, 5) is 23.9. The van der Waals surface area contributed by atoms with Gasteiger partial charge < -0.3 is 19.3 Å². The third-order valence-corrected chi connectivity index (χ3v) is 5.83. The van der Waals surface area contributed by atoms with Gasteiger partial charge in [0.25, 0.3) is 0 Å². The standard InChI is InChI=1S/C25H31NO7/c1-16-21(31-2)15-18-7-4-6-17-14-19(10-11-20(17)24(18)25(16)32-3)33-23(29)9-5-8-22(28)26(30)12-13-27/h10-11,14-15,27,30H,4-9,12-13H2,1-3H3. The molecule has 33 heavy (non-hydrogen) atoms. The van der Waals surface area contributed by atoms with Crippen LogP contribution in [-0.4, -0.2) is 54.6 Å². The van der Waals surface area contributed by atoms with Crippen LogP contribution in [0.25, 0.3) is 11.1 Å². The Morgan fingerprint density at radius 1 is 1.06 bits per heavy atom. The van der Waals surface area contributed by atoms with Gasteiger partial charge in [0.05, 0.1) is 27.4 Å². The number of hydrogen-bond acceptors (Lipinski definition) is 7. The number of rotatable bonds is 9. The number of aryl methyl sites for hydroxylation is 2. The monoisotopic (exact) mass is 457 g/mol. The molecule has 2 aromatic carbocycles. The fourth-order valence-electron chi connectivity index (χ4n) is 4.21. The number of amides is 1. The molecule has 0 heterocycles. The number of hydroxylamine groups is 2. The second kappa shape index (κ2) is 11.2. The number of carbonyl (C=O) groups is 2. The number of fused-ring (bicyclic) bond motifs is 3. The van der Waals surface area contributed by atoms with Crippen molar-refractivity contribution in [1.29, 1.82) is 0 Å². The molecule has 0 bridgehead atoms. The van der Waals surface area contributed by atoms with E-state index < -0.39 is 11.9 Å². The van der Waals surface area contributed by atoms with Crippen LogP contribution < -0.4 is 14.2 Å². The molecule has 3 rings (SSSR count). The summed E-state index contributed by atoms with van der Waals surface area (Å²) in [6, 6.07) is 7.69. The Morgan fingerprint density at radius 3 is 2.52 bits per heavy atom. The molecular formula is C25H31NO7. The molecule has 8 heteroatoms. The quantitative estimate of drug-likeness (QED) is 0.257. The molecule has 0 atom stereocenters. The van der Waals surface area contributed by atoms with E-state index in [0.717, 1.165) is 53.0 Å². The van der Waals surface area contributed by atoms with E-state index >= 15 is 0 Å². The molecule has 0 radical (unpaired) electrons. The van der Waals surface area contributed by atoms with E-state index in [4.69, 9.17) is 19.3 Å². The zero-order chi connectivity index (χ0) is 24.0. The van der Waals surface area contributed by atoms with Gasteiger partial charge in [-0.2, -0.15) is 0 Å². The van der Waals surface area contributed by atoms with Crippen LogP contribution in [0.4, 0.5) is 0 Å². The lowest BCUT2D eigenvalue weighted by Crippen LogP contribution is -2.30. The first-order chi connectivity index (χ1) is 15.9. The summed E-state index contributed by atoms with van der Waals surface area (Å²) in [6.45, 7) is 1.49. The highest BCUT2D eigenvalue weighted by atomic mass is 16.5. The lowest BCUT2D eigenvalue weighted by atomic mass is 9.93. The summed E-state index contributed by atoms with van der Waals surface area (Å²) < 4.78 is 16.8. The van der Waals surface area contributed by atoms with Gasteiger partial charge in [-0.3, -0.25) is 14.8 Å². The summed E-state index contributed by atoms with van der Waals surface area (Å²) in [6.07, 6.45) is 2.96. The van der Waals surface area contributed by atoms with Crippen LogP contribution in [0.5, 0.6) is 17.2 Å². The van der Waals surface area contributed by atoms with Gasteiger partial charge in [0.15, 0.2) is 0 Å². The Morgan fingerprint density at radius 2 is 1.82 bits per heavy atom. The van der Waals surface area contributed by atoms with Crippen molar-refractivity contribution < 1.29 is 34.1 Å². The van der Waals surface area contributed by atoms with Gasteiger partial charge in [-0.25, -0.2) is 5.06 Å². The van der Waals surface area contributed by atoms with Crippen molar-refractivity contribution in [2.24, 2.45) is 0 Å². The SMILES string of the molecule is COc1cc2c(c(OC)c1C)-c1ccc(OC(=O)CCCC(=O)N(O)CCO)cc1CCC2. The Balaban J connectivity index is 1.74. The van der Waals surface area contributed by atoms with Gasteiger partial charge in [-0.15, -0.1) is 0 Å². The predicted molar refractivity (Wildman–Crippen MR) is 122 cm³/mol. The van der Waals surface area contributed by atoms with Crippen LogP contribution in [-0.2, 0) is 22.4 Å². The molecule has 0 fully saturated rings. The van der Waals surface area contributed by atoms with Gasteiger partial charge in [-0.05, 0) is 67.5 Å². The second-order valence-electron chi connectivity index (χ2n) is 8.01. The van der Waals surface area contributed by atoms with E-state index in [1.54, 1.807) is 20.3 Å². The minimum Gasteiger partial charge on any atom is -0.496 e. The summed E-state index contributed by atoms with van der Waals surface area (Å²) in [7, 11) is 3.32. The number of esters is 1. The lowest BCUT2D eigenvalue weighted by molar-refractivity contribution is -0.167. The summed E-state index contributed by atoms with van der Waals surface area (Å²) in [5.74, 6) is 1.07. The van der Waals surface area contributed by atoms with E-state index in [-0.39, 0.29) is 32.4 Å². The molecule has 1 amide bonds. The fraction of sp³-hybridized carbons (Fsp3) is 0.440. The summed E-state index contributed by atoms with van der Waals surface area (Å²) in [5.41, 5.74) is 5.30. The van der Waals surface area contributed by atoms with Crippen molar-refractivity contribution in [2.75, 3.05) is 27.4 Å². The van der Waals surface area contributed by atoms with Crippen molar-refractivity contribution in [2.45, 2.75) is 45.4 Å². The minimum absolute atomic E-state index is 0.00478. The average molecular weight is 458 g/mol. The maximum atomic E-state index is 12.3. The molecule has 0 aromatic heterocycles. The highest BCUT2D eigenvalue weighted by Crippen LogP contribution is 2.45. The van der Waals surface area contributed by atoms with Crippen LogP contribution in [0.15, 0.2) is 24.3 Å². The molecule has 0 unspecified atom stereocenters. The molecule has 0 aliphatic heterocycles. The van der Waals surface area contributed by atoms with Crippen LogP contribution in [0.2, 0.25) is 0 Å². The van der Waals surface area contributed by atoms with Gasteiger partial charge >= 0.3 is 5.97 Å². The smallest absolute Gasteiger partial charge is 0.311 e. The topological polar surface area (TPSA) is 106 Å². The third-order valence-electron chi connectivity index (χ3n) is 5.83. The first kappa shape index (κ1) is 24.5. The van der Waals surface area contributed by atoms with Crippen LogP contribution in [0.3, 0.4) is 0 Å². The normalized spacial score (nSPS) is 12.3. The minimum atomic E-state index is -0.540. The first-order valence-corrected chi connectivity index (χ1v) is 11.1. The van der Waals surface area contributed by atoms with E-state index in [0.29, 0.717) is 10.8 Å². The average Bonchev–Trinajstić information content (AvgIpc) is 2.97. The Kier molecular flexibility index (Phi) is 8.30. The number of methoxy groups -OCH3 is 2. The Hall–Kier alpha value is -3.10. The number of benzene rings is 2. The number of aliphatic hydroxyl groups excluding tert-OH is 1. The molecule has 1 aliphatic rings. The van der Waals surface area contributed by atoms with Crippen molar-refractivity contribution >= 4 is 11.9 Å². The van der Waals surface area contributed by atoms with E-state index in [9.17, 15) is 14.8 Å². The Bertz CT molecular complexity index is 1020. The predicted octanol–water partition coefficient (Wildman–Crippen LogP) is 3.45. The number of hydrogen-bond donors (Lipinski definition) is 2. The number of ether oxygens (including phenoxy) is 3. The Labute approximate surface area is 193 Å². The molecule has 2 aromatic rings. The number of aliphatic hydroxyl groups is 1. The zero-order valence-corrected chi connectivity index (χ0v) is 19.3. The van der Waals surface area contributed by atoms with E-state index in [2.05, 4.69) is 6.07 Å². The maximum Gasteiger partial charge on any atom is 0.311 e. The molecular weight excluding hydrogens is 426 g/mol. The van der Waals surface area contributed by atoms with Gasteiger partial charge in [-0.1, -0.05) is 6.07 Å². The first-order valence-electron chi connectivity index (χ1n) is 11.1. The van der Waals surface area contributed by atoms with Gasteiger partial charge in [0.1, 0.15) is 17.2 Å². The van der Waals surface area contributed by atoms with E-state index in [1.165, 1.54) is 5.56 Å². The highest BCUT2D eigenvalue weighted by molar-refractivity contribution is 5.81. The second-order valence-corrected chi connectivity index (χ2v) is 8.01. The largest absolute Gasteiger partial charge is 0.496 e. The van der Waals surface area contributed by atoms with Crippen molar-refractivity contribution in [3.05, 3.63) is 41.0 Å². The molecule has 0 spiro atoms. The summed E-state index contributed by atoms with van der Waals surface area (Å²) in [5, 5.41) is 18.6. The maximum absolute atomic E-state index is 12.3. The van der Waals surface area contributed by atoms with Crippen LogP contribution in [0.1, 0.15) is 42.4 Å². The fourth-order valence-corrected chi connectivity index (χ4v) is 4.21. The van der Waals surface area contributed by atoms with Gasteiger partial charge in [0, 0.05) is 24.0 Å². The molecule has 178 valence electrons. The molecule has 1 aliphatic carbocycles. The van der Waals surface area contributed by atoms with Crippen LogP contribution >= 0.6 is 0 Å². The zero-order valence-electron chi connectivity index (χ0n) is 19.3. The van der Waals surface area contributed by atoms with Crippen LogP contribution in [0, 0.1) is 6.92 Å². The van der Waals surface area contributed by atoms with Crippen molar-refractivity contribution in [1.82, 2.24) is 5.06 Å². The molecule has 0 saturated carbocycles. The number of carbonyl (C=O) groups excluding carboxylic acids is 2. The van der Waals surface area contributed by atoms with Crippen molar-refractivity contribution in [3.63, 3.8) is 0 Å². The lowest BCUT2D eigenvalue weighted by Gasteiger charge is -2.19. The van der Waals surface area contributed by atoms with Gasteiger partial charge in [0.2, 0.25) is 5.91 Å². The molecule has 2 N–H and O–H groups in total.